The fraction of sp³-hybridized carbons (Fsp3) is 0.429. The molecule has 106 valence electrons. The molecular formula is C14H17N3O3. The van der Waals surface area contributed by atoms with Crippen molar-refractivity contribution in [2.75, 3.05) is 20.0 Å². The van der Waals surface area contributed by atoms with Crippen LogP contribution in [0, 0.1) is 0 Å². The van der Waals surface area contributed by atoms with E-state index in [1.807, 2.05) is 0 Å². The number of nitrogens with two attached hydrogens (primary N) is 1. The molecule has 0 saturated heterocycles. The highest BCUT2D eigenvalue weighted by atomic mass is 16.5. The monoisotopic (exact) mass is 275 g/mol. The number of methoxy groups -OCH3 is 2. The van der Waals surface area contributed by atoms with Crippen molar-refractivity contribution >= 4 is 5.69 Å². The molecule has 0 unspecified atom stereocenters. The minimum atomic E-state index is 0.0626. The van der Waals surface area contributed by atoms with Gasteiger partial charge < -0.3 is 19.7 Å². The summed E-state index contributed by atoms with van der Waals surface area (Å²) in [5.74, 6) is 2.30. The Morgan fingerprint density at radius 1 is 1.20 bits per heavy atom. The predicted octanol–water partition coefficient (Wildman–Crippen LogP) is 2.39. The van der Waals surface area contributed by atoms with Gasteiger partial charge in [0.1, 0.15) is 0 Å². The molecule has 0 radical (unpaired) electrons. The molecule has 1 aliphatic rings. The molecule has 2 N–H and O–H groups in total. The van der Waals surface area contributed by atoms with Crippen LogP contribution in [0.3, 0.4) is 0 Å². The average Bonchev–Trinajstić information content (AvgIpc) is 3.02. The Kier molecular flexibility index (Phi) is 2.81. The SMILES string of the molecule is COc1cc(N)c(-c2nc(C3(C)CC3)no2)cc1OC. The minimum Gasteiger partial charge on any atom is -0.493 e. The molecule has 20 heavy (non-hydrogen) atoms. The quantitative estimate of drug-likeness (QED) is 0.862. The number of ether oxygens (including phenoxy) is 2. The van der Waals surface area contributed by atoms with Gasteiger partial charge in [-0.1, -0.05) is 12.1 Å². The van der Waals surface area contributed by atoms with Crippen LogP contribution in [0.15, 0.2) is 16.7 Å². The van der Waals surface area contributed by atoms with Crippen LogP contribution in [0.25, 0.3) is 11.5 Å². The first kappa shape index (κ1) is 12.8. The summed E-state index contributed by atoms with van der Waals surface area (Å²) in [5.41, 5.74) is 7.26. The second kappa shape index (κ2) is 4.40. The lowest BCUT2D eigenvalue weighted by molar-refractivity contribution is 0.355. The summed E-state index contributed by atoms with van der Waals surface area (Å²) in [6, 6.07) is 3.44. The number of nitrogens with zero attached hydrogens (tertiary/aromatic N) is 2. The molecule has 6 nitrogen and oxygen atoms in total. The van der Waals surface area contributed by atoms with E-state index in [0.29, 0.717) is 28.6 Å². The second-order valence-corrected chi connectivity index (χ2v) is 5.28. The third-order valence-corrected chi connectivity index (χ3v) is 3.75. The van der Waals surface area contributed by atoms with E-state index in [2.05, 4.69) is 17.1 Å². The molecule has 0 atom stereocenters. The lowest BCUT2D eigenvalue weighted by Crippen LogP contribution is -2.02. The zero-order valence-corrected chi connectivity index (χ0v) is 11.8. The number of hydrogen-bond donors (Lipinski definition) is 1. The third-order valence-electron chi connectivity index (χ3n) is 3.75. The Morgan fingerprint density at radius 2 is 1.85 bits per heavy atom. The molecule has 0 spiro atoms. The highest BCUT2D eigenvalue weighted by molar-refractivity contribution is 5.75. The Labute approximate surface area is 116 Å². The zero-order valence-electron chi connectivity index (χ0n) is 11.8. The molecule has 1 heterocycles. The summed E-state index contributed by atoms with van der Waals surface area (Å²) in [6.45, 7) is 2.12. The van der Waals surface area contributed by atoms with E-state index in [1.54, 1.807) is 26.4 Å². The van der Waals surface area contributed by atoms with E-state index < -0.39 is 0 Å². The van der Waals surface area contributed by atoms with Gasteiger partial charge in [-0.2, -0.15) is 4.98 Å². The second-order valence-electron chi connectivity index (χ2n) is 5.28. The van der Waals surface area contributed by atoms with Crippen molar-refractivity contribution in [3.05, 3.63) is 18.0 Å². The van der Waals surface area contributed by atoms with Crippen LogP contribution in [0.2, 0.25) is 0 Å². The summed E-state index contributed by atoms with van der Waals surface area (Å²) >= 11 is 0. The first-order chi connectivity index (χ1) is 9.57. The normalized spacial score (nSPS) is 15.9. The van der Waals surface area contributed by atoms with Crippen molar-refractivity contribution in [3.63, 3.8) is 0 Å². The Hall–Kier alpha value is -2.24. The molecule has 1 aromatic carbocycles. The Balaban J connectivity index is 2.03. The van der Waals surface area contributed by atoms with Gasteiger partial charge in [-0.05, 0) is 18.9 Å². The highest BCUT2D eigenvalue weighted by Crippen LogP contribution is 2.47. The highest BCUT2D eigenvalue weighted by Gasteiger charge is 2.43. The molecule has 1 saturated carbocycles. The lowest BCUT2D eigenvalue weighted by atomic mass is 10.1. The summed E-state index contributed by atoms with van der Waals surface area (Å²) in [5, 5.41) is 4.05. The smallest absolute Gasteiger partial charge is 0.260 e. The number of aromatic nitrogens is 2. The fourth-order valence-electron chi connectivity index (χ4n) is 2.07. The number of anilines is 1. The first-order valence-corrected chi connectivity index (χ1v) is 6.43. The van der Waals surface area contributed by atoms with Crippen LogP contribution in [0.5, 0.6) is 11.5 Å². The van der Waals surface area contributed by atoms with E-state index in [0.717, 1.165) is 18.7 Å². The summed E-state index contributed by atoms with van der Waals surface area (Å²) in [6.07, 6.45) is 2.18. The van der Waals surface area contributed by atoms with Crippen LogP contribution in [-0.2, 0) is 5.41 Å². The zero-order chi connectivity index (χ0) is 14.3. The Morgan fingerprint density at radius 3 is 2.45 bits per heavy atom. The van der Waals surface area contributed by atoms with Crippen molar-refractivity contribution in [1.82, 2.24) is 10.1 Å². The van der Waals surface area contributed by atoms with Gasteiger partial charge in [-0.15, -0.1) is 0 Å². The molecule has 0 aliphatic heterocycles. The molecule has 1 fully saturated rings. The molecule has 1 aliphatic carbocycles. The van der Waals surface area contributed by atoms with Crippen molar-refractivity contribution < 1.29 is 14.0 Å². The molecule has 6 heteroatoms. The lowest BCUT2D eigenvalue weighted by Gasteiger charge is -2.10. The van der Waals surface area contributed by atoms with Crippen LogP contribution in [0.4, 0.5) is 5.69 Å². The number of nitrogen functional groups attached to an aromatic ring is 1. The van der Waals surface area contributed by atoms with Gasteiger partial charge in [0.2, 0.25) is 0 Å². The summed E-state index contributed by atoms with van der Waals surface area (Å²) < 4.78 is 15.8. The molecule has 2 aromatic rings. The van der Waals surface area contributed by atoms with Crippen LogP contribution < -0.4 is 15.2 Å². The molecule has 1 aromatic heterocycles. The molecule has 0 bridgehead atoms. The van der Waals surface area contributed by atoms with Gasteiger partial charge in [0.05, 0.1) is 19.8 Å². The maximum Gasteiger partial charge on any atom is 0.260 e. The van der Waals surface area contributed by atoms with Crippen molar-refractivity contribution in [3.8, 4) is 23.0 Å². The first-order valence-electron chi connectivity index (χ1n) is 6.43. The van der Waals surface area contributed by atoms with Gasteiger partial charge >= 0.3 is 0 Å². The largest absolute Gasteiger partial charge is 0.493 e. The van der Waals surface area contributed by atoms with E-state index in [9.17, 15) is 0 Å². The number of rotatable bonds is 4. The number of benzene rings is 1. The molecule has 0 amide bonds. The number of hydrogen-bond acceptors (Lipinski definition) is 6. The topological polar surface area (TPSA) is 83.4 Å². The maximum absolute atomic E-state index is 6.02. The summed E-state index contributed by atoms with van der Waals surface area (Å²) in [4.78, 5) is 4.45. The van der Waals surface area contributed by atoms with Gasteiger partial charge in [-0.25, -0.2) is 0 Å². The van der Waals surface area contributed by atoms with Crippen LogP contribution >= 0.6 is 0 Å². The molecule has 3 rings (SSSR count). The van der Waals surface area contributed by atoms with Crippen LogP contribution in [-0.4, -0.2) is 24.4 Å². The van der Waals surface area contributed by atoms with Gasteiger partial charge in [0.25, 0.3) is 5.89 Å². The Bertz CT molecular complexity index is 647. The van der Waals surface area contributed by atoms with E-state index in [1.165, 1.54) is 0 Å². The average molecular weight is 275 g/mol. The van der Waals surface area contributed by atoms with Crippen molar-refractivity contribution in [2.24, 2.45) is 0 Å². The standard InChI is InChI=1S/C14H17N3O3/c1-14(4-5-14)13-16-12(20-17-13)8-6-10(18-2)11(19-3)7-9(8)15/h6-7H,4-5,15H2,1-3H3. The van der Waals surface area contributed by atoms with Crippen molar-refractivity contribution in [1.29, 1.82) is 0 Å². The minimum absolute atomic E-state index is 0.0626. The maximum atomic E-state index is 6.02. The van der Waals surface area contributed by atoms with E-state index >= 15 is 0 Å². The van der Waals surface area contributed by atoms with Gasteiger partial charge in [0.15, 0.2) is 17.3 Å². The summed E-state index contributed by atoms with van der Waals surface area (Å²) in [7, 11) is 3.14. The van der Waals surface area contributed by atoms with Gasteiger partial charge in [-0.3, -0.25) is 0 Å². The molecular weight excluding hydrogens is 258 g/mol. The third kappa shape index (κ3) is 1.97. The fourth-order valence-corrected chi connectivity index (χ4v) is 2.07. The van der Waals surface area contributed by atoms with Gasteiger partial charge in [0, 0.05) is 17.2 Å². The predicted molar refractivity (Wildman–Crippen MR) is 73.8 cm³/mol. The van der Waals surface area contributed by atoms with E-state index in [4.69, 9.17) is 19.7 Å². The van der Waals surface area contributed by atoms with E-state index in [-0.39, 0.29) is 5.41 Å². The van der Waals surface area contributed by atoms with Crippen molar-refractivity contribution in [2.45, 2.75) is 25.2 Å². The van der Waals surface area contributed by atoms with Crippen LogP contribution in [0.1, 0.15) is 25.6 Å².